The lowest BCUT2D eigenvalue weighted by atomic mass is 10.2. The van der Waals surface area contributed by atoms with Crippen molar-refractivity contribution in [3.8, 4) is 5.88 Å². The summed E-state index contributed by atoms with van der Waals surface area (Å²) in [5, 5.41) is 11.9. The van der Waals surface area contributed by atoms with Crippen LogP contribution in [0, 0.1) is 6.92 Å². The number of carbonyl (C=O) groups excluding carboxylic acids is 1. The Labute approximate surface area is 117 Å². The Morgan fingerprint density at radius 1 is 1.32 bits per heavy atom. The number of hydrogen-bond donors (Lipinski definition) is 3. The summed E-state index contributed by atoms with van der Waals surface area (Å²) in [5.41, 5.74) is 1.16. The number of halogens is 1. The highest BCUT2D eigenvalue weighted by Crippen LogP contribution is 2.20. The highest BCUT2D eigenvalue weighted by atomic mass is 79.9. The Morgan fingerprint density at radius 3 is 2.68 bits per heavy atom. The first-order valence-corrected chi connectivity index (χ1v) is 6.26. The molecule has 2 aromatic rings. The average Bonchev–Trinajstić information content (AvgIpc) is 2.32. The maximum Gasteiger partial charge on any atom is 0.256 e. The molecule has 1 heterocycles. The smallest absolute Gasteiger partial charge is 0.256 e. The van der Waals surface area contributed by atoms with Gasteiger partial charge < -0.3 is 10.4 Å². The number of benzene rings is 1. The van der Waals surface area contributed by atoms with Crippen molar-refractivity contribution >= 4 is 27.5 Å². The van der Waals surface area contributed by atoms with Gasteiger partial charge in [-0.05, 0) is 30.7 Å². The van der Waals surface area contributed by atoms with Crippen LogP contribution in [0.25, 0.3) is 0 Å². The number of amides is 1. The molecule has 0 aliphatic carbocycles. The summed E-state index contributed by atoms with van der Waals surface area (Å²) < 4.78 is 0.944. The van der Waals surface area contributed by atoms with Crippen molar-refractivity contribution in [2.24, 2.45) is 0 Å². The number of H-pyrrole nitrogens is 1. The molecule has 0 fully saturated rings. The number of carbonyl (C=O) groups is 1. The minimum atomic E-state index is -0.530. The van der Waals surface area contributed by atoms with Crippen LogP contribution in [0.4, 0.5) is 5.69 Å². The summed E-state index contributed by atoms with van der Waals surface area (Å²) in [6.07, 6.45) is 0. The molecule has 3 N–H and O–H groups in total. The molecule has 1 amide bonds. The van der Waals surface area contributed by atoms with E-state index in [2.05, 4.69) is 26.2 Å². The molecule has 0 spiro atoms. The predicted molar refractivity (Wildman–Crippen MR) is 75.6 cm³/mol. The SMILES string of the molecule is Cc1cc(NC(=O)c2cc(O)[nH]c(=O)c2)ccc1Br. The van der Waals surface area contributed by atoms with Crippen molar-refractivity contribution in [2.45, 2.75) is 6.92 Å². The van der Waals surface area contributed by atoms with Gasteiger partial charge in [-0.2, -0.15) is 0 Å². The van der Waals surface area contributed by atoms with Crippen molar-refractivity contribution in [2.75, 3.05) is 5.32 Å². The Morgan fingerprint density at radius 2 is 2.05 bits per heavy atom. The monoisotopic (exact) mass is 322 g/mol. The largest absolute Gasteiger partial charge is 0.494 e. The molecule has 6 heteroatoms. The summed E-state index contributed by atoms with van der Waals surface area (Å²) in [4.78, 5) is 25.3. The zero-order chi connectivity index (χ0) is 14.0. The number of aromatic hydroxyl groups is 1. The van der Waals surface area contributed by atoms with E-state index in [1.54, 1.807) is 12.1 Å². The summed E-state index contributed by atoms with van der Waals surface area (Å²) in [6, 6.07) is 7.68. The Balaban J connectivity index is 2.25. The van der Waals surface area contributed by atoms with Crippen molar-refractivity contribution in [3.05, 3.63) is 56.3 Å². The Kier molecular flexibility index (Phi) is 3.71. The lowest BCUT2D eigenvalue weighted by Crippen LogP contribution is -2.15. The van der Waals surface area contributed by atoms with E-state index < -0.39 is 11.5 Å². The quantitative estimate of drug-likeness (QED) is 0.794. The third kappa shape index (κ3) is 3.23. The standard InChI is InChI=1S/C13H11BrN2O3/c1-7-4-9(2-3-10(7)14)15-13(19)8-5-11(17)16-12(18)6-8/h2-6H,1H3,(H,15,19)(H2,16,17,18). The van der Waals surface area contributed by atoms with Gasteiger partial charge in [-0.15, -0.1) is 0 Å². The second-order valence-electron chi connectivity index (χ2n) is 4.04. The number of anilines is 1. The zero-order valence-corrected chi connectivity index (χ0v) is 11.6. The molecule has 0 bridgehead atoms. The van der Waals surface area contributed by atoms with E-state index in [1.165, 1.54) is 6.07 Å². The number of rotatable bonds is 2. The van der Waals surface area contributed by atoms with Crippen LogP contribution in [0.1, 0.15) is 15.9 Å². The van der Waals surface area contributed by atoms with E-state index >= 15 is 0 Å². The van der Waals surface area contributed by atoms with Crippen LogP contribution in [-0.2, 0) is 0 Å². The third-order valence-corrected chi connectivity index (χ3v) is 3.40. The van der Waals surface area contributed by atoms with E-state index in [0.717, 1.165) is 16.1 Å². The lowest BCUT2D eigenvalue weighted by molar-refractivity contribution is 0.102. The molecular weight excluding hydrogens is 312 g/mol. The summed E-state index contributed by atoms with van der Waals surface area (Å²) >= 11 is 3.37. The molecule has 0 aliphatic heterocycles. The predicted octanol–water partition coefficient (Wildman–Crippen LogP) is 2.40. The number of aryl methyl sites for hydroxylation is 1. The van der Waals surface area contributed by atoms with E-state index in [4.69, 9.17) is 0 Å². The van der Waals surface area contributed by atoms with Gasteiger partial charge in [-0.3, -0.25) is 14.6 Å². The van der Waals surface area contributed by atoms with Crippen LogP contribution < -0.4 is 10.9 Å². The molecule has 1 aromatic carbocycles. The number of hydrogen-bond acceptors (Lipinski definition) is 3. The van der Waals surface area contributed by atoms with Gasteiger partial charge >= 0.3 is 0 Å². The van der Waals surface area contributed by atoms with E-state index in [9.17, 15) is 14.7 Å². The second-order valence-corrected chi connectivity index (χ2v) is 4.89. The fourth-order valence-electron chi connectivity index (χ4n) is 1.59. The zero-order valence-electron chi connectivity index (χ0n) is 10.0. The van der Waals surface area contributed by atoms with Gasteiger partial charge in [-0.25, -0.2) is 0 Å². The van der Waals surface area contributed by atoms with Crippen LogP contribution in [0.15, 0.2) is 39.6 Å². The van der Waals surface area contributed by atoms with Crippen molar-refractivity contribution in [3.63, 3.8) is 0 Å². The lowest BCUT2D eigenvalue weighted by Gasteiger charge is -2.07. The molecule has 0 saturated heterocycles. The van der Waals surface area contributed by atoms with Crippen LogP contribution in [0.5, 0.6) is 5.88 Å². The number of nitrogens with one attached hydrogen (secondary N) is 2. The summed E-state index contributed by atoms with van der Waals surface area (Å²) in [5.74, 6) is -0.798. The molecule has 0 saturated carbocycles. The van der Waals surface area contributed by atoms with Gasteiger partial charge in [0.2, 0.25) is 0 Å². The molecule has 0 atom stereocenters. The minimum Gasteiger partial charge on any atom is -0.494 e. The summed E-state index contributed by atoms with van der Waals surface area (Å²) in [7, 11) is 0. The van der Waals surface area contributed by atoms with Crippen LogP contribution in [0.2, 0.25) is 0 Å². The highest BCUT2D eigenvalue weighted by molar-refractivity contribution is 9.10. The molecule has 0 radical (unpaired) electrons. The van der Waals surface area contributed by atoms with Crippen LogP contribution in [-0.4, -0.2) is 16.0 Å². The van der Waals surface area contributed by atoms with Gasteiger partial charge in [0.15, 0.2) is 5.88 Å². The summed E-state index contributed by atoms with van der Waals surface area (Å²) in [6.45, 7) is 1.90. The molecule has 2 rings (SSSR count). The molecule has 1 aromatic heterocycles. The Hall–Kier alpha value is -2.08. The molecule has 19 heavy (non-hydrogen) atoms. The molecule has 0 aliphatic rings. The van der Waals surface area contributed by atoms with Gasteiger partial charge in [0.1, 0.15) is 0 Å². The normalized spacial score (nSPS) is 10.2. The van der Waals surface area contributed by atoms with Crippen molar-refractivity contribution in [1.29, 1.82) is 0 Å². The van der Waals surface area contributed by atoms with Crippen LogP contribution in [0.3, 0.4) is 0 Å². The molecule has 5 nitrogen and oxygen atoms in total. The molecule has 0 unspecified atom stereocenters. The minimum absolute atomic E-state index is 0.0989. The number of aromatic amines is 1. The first-order chi connectivity index (χ1) is 8.95. The van der Waals surface area contributed by atoms with Crippen molar-refractivity contribution < 1.29 is 9.90 Å². The maximum atomic E-state index is 11.9. The first-order valence-electron chi connectivity index (χ1n) is 5.46. The first kappa shape index (κ1) is 13.4. The Bertz CT molecular complexity index is 695. The number of pyridine rings is 1. The van der Waals surface area contributed by atoms with Gasteiger partial charge in [0.05, 0.1) is 5.56 Å². The number of aromatic nitrogens is 1. The maximum absolute atomic E-state index is 11.9. The third-order valence-electron chi connectivity index (χ3n) is 2.51. The fraction of sp³-hybridized carbons (Fsp3) is 0.0769. The van der Waals surface area contributed by atoms with Crippen molar-refractivity contribution in [1.82, 2.24) is 4.98 Å². The average molecular weight is 323 g/mol. The van der Waals surface area contributed by atoms with E-state index in [-0.39, 0.29) is 11.4 Å². The highest BCUT2D eigenvalue weighted by Gasteiger charge is 2.09. The van der Waals surface area contributed by atoms with E-state index in [0.29, 0.717) is 5.69 Å². The fourth-order valence-corrected chi connectivity index (χ4v) is 1.83. The second kappa shape index (κ2) is 5.27. The van der Waals surface area contributed by atoms with Gasteiger partial charge in [-0.1, -0.05) is 15.9 Å². The van der Waals surface area contributed by atoms with E-state index in [1.807, 2.05) is 13.0 Å². The topological polar surface area (TPSA) is 82.2 Å². The molecule has 98 valence electrons. The van der Waals surface area contributed by atoms with Crippen LogP contribution >= 0.6 is 15.9 Å². The van der Waals surface area contributed by atoms with Gasteiger partial charge in [0.25, 0.3) is 11.5 Å². The van der Waals surface area contributed by atoms with Gasteiger partial charge in [0, 0.05) is 22.3 Å². The molecular formula is C13H11BrN2O3.